The number of hydrogen-bond donors (Lipinski definition) is 0. The maximum Gasteiger partial charge on any atom is 0.165 e. The molecular weight excluding hydrogens is 279 g/mol. The number of thioether (sulfide) groups is 1. The normalized spacial score (nSPS) is 29.6. The van der Waals surface area contributed by atoms with Crippen LogP contribution in [-0.2, 0) is 4.74 Å². The van der Waals surface area contributed by atoms with Crippen LogP contribution in [0.1, 0.15) is 29.6 Å². The van der Waals surface area contributed by atoms with Crippen LogP contribution < -0.4 is 4.74 Å². The van der Waals surface area contributed by atoms with Crippen LogP contribution in [0.15, 0.2) is 18.2 Å². The molecule has 108 valence electrons. The van der Waals surface area contributed by atoms with Gasteiger partial charge in [-0.2, -0.15) is 11.8 Å². The number of rotatable bonds is 3. The molecule has 0 aliphatic carbocycles. The Morgan fingerprint density at radius 2 is 2.40 bits per heavy atom. The molecule has 1 aromatic carbocycles. The SMILES string of the molecule is O=Cc1cccc(F)c1OC1CCOC2(CCSC2)C1. The van der Waals surface area contributed by atoms with E-state index < -0.39 is 5.82 Å². The zero-order chi connectivity index (χ0) is 14.0. The molecule has 1 aromatic rings. The fourth-order valence-corrected chi connectivity index (χ4v) is 4.23. The van der Waals surface area contributed by atoms with E-state index in [1.807, 2.05) is 11.8 Å². The van der Waals surface area contributed by atoms with Crippen molar-refractivity contribution >= 4 is 18.0 Å². The first-order valence-corrected chi connectivity index (χ1v) is 8.00. The lowest BCUT2D eigenvalue weighted by Crippen LogP contribution is -2.44. The number of ether oxygens (including phenoxy) is 2. The van der Waals surface area contributed by atoms with E-state index in [-0.39, 0.29) is 23.0 Å². The third-order valence-electron chi connectivity index (χ3n) is 3.92. The average molecular weight is 296 g/mol. The van der Waals surface area contributed by atoms with Gasteiger partial charge >= 0.3 is 0 Å². The summed E-state index contributed by atoms with van der Waals surface area (Å²) in [5.41, 5.74) is 0.159. The van der Waals surface area contributed by atoms with Gasteiger partial charge in [0.05, 0.1) is 17.8 Å². The number of aldehydes is 1. The Balaban J connectivity index is 1.76. The van der Waals surface area contributed by atoms with E-state index in [0.29, 0.717) is 12.9 Å². The largest absolute Gasteiger partial charge is 0.486 e. The Morgan fingerprint density at radius 3 is 3.15 bits per heavy atom. The number of carbonyl (C=O) groups is 1. The molecule has 0 N–H and O–H groups in total. The minimum atomic E-state index is -0.476. The Morgan fingerprint density at radius 1 is 1.50 bits per heavy atom. The van der Waals surface area contributed by atoms with Gasteiger partial charge in [-0.3, -0.25) is 4.79 Å². The van der Waals surface area contributed by atoms with E-state index in [0.717, 1.165) is 30.8 Å². The molecule has 0 saturated carbocycles. The van der Waals surface area contributed by atoms with Crippen molar-refractivity contribution in [3.05, 3.63) is 29.6 Å². The molecule has 2 aliphatic heterocycles. The zero-order valence-electron chi connectivity index (χ0n) is 11.1. The van der Waals surface area contributed by atoms with E-state index in [4.69, 9.17) is 9.47 Å². The van der Waals surface area contributed by atoms with Crippen LogP contribution in [0.3, 0.4) is 0 Å². The summed E-state index contributed by atoms with van der Waals surface area (Å²) >= 11 is 1.89. The van der Waals surface area contributed by atoms with Crippen LogP contribution in [0, 0.1) is 5.82 Å². The van der Waals surface area contributed by atoms with E-state index in [1.165, 1.54) is 12.1 Å². The first-order valence-electron chi connectivity index (χ1n) is 6.84. The molecule has 0 amide bonds. The number of para-hydroxylation sites is 1. The fourth-order valence-electron chi connectivity index (χ4n) is 2.86. The maximum absolute atomic E-state index is 13.8. The van der Waals surface area contributed by atoms with Gasteiger partial charge in [-0.15, -0.1) is 0 Å². The fraction of sp³-hybridized carbons (Fsp3) is 0.533. The predicted molar refractivity (Wildman–Crippen MR) is 76.1 cm³/mol. The summed E-state index contributed by atoms with van der Waals surface area (Å²) < 4.78 is 25.6. The summed E-state index contributed by atoms with van der Waals surface area (Å²) in [5, 5.41) is 0. The Labute approximate surface area is 121 Å². The van der Waals surface area contributed by atoms with E-state index in [9.17, 15) is 9.18 Å². The highest BCUT2D eigenvalue weighted by Gasteiger charge is 2.41. The number of hydrogen-bond acceptors (Lipinski definition) is 4. The second-order valence-electron chi connectivity index (χ2n) is 5.34. The molecule has 3 rings (SSSR count). The predicted octanol–water partition coefficient (Wildman–Crippen LogP) is 3.07. The van der Waals surface area contributed by atoms with Crippen molar-refractivity contribution in [3.8, 4) is 5.75 Å². The number of carbonyl (C=O) groups excluding carboxylic acids is 1. The average Bonchev–Trinajstić information content (AvgIpc) is 2.89. The van der Waals surface area contributed by atoms with Gasteiger partial charge in [0, 0.05) is 18.6 Å². The van der Waals surface area contributed by atoms with Crippen molar-refractivity contribution in [2.24, 2.45) is 0 Å². The van der Waals surface area contributed by atoms with Crippen molar-refractivity contribution < 1.29 is 18.7 Å². The molecule has 3 nitrogen and oxygen atoms in total. The van der Waals surface area contributed by atoms with Crippen LogP contribution in [0.2, 0.25) is 0 Å². The molecule has 1 spiro atoms. The van der Waals surface area contributed by atoms with Gasteiger partial charge in [-0.05, 0) is 24.3 Å². The summed E-state index contributed by atoms with van der Waals surface area (Å²) in [6.45, 7) is 0.635. The summed E-state index contributed by atoms with van der Waals surface area (Å²) in [6.07, 6.45) is 3.08. The van der Waals surface area contributed by atoms with E-state index in [1.54, 1.807) is 6.07 Å². The van der Waals surface area contributed by atoms with Gasteiger partial charge in [-0.25, -0.2) is 4.39 Å². The lowest BCUT2D eigenvalue weighted by atomic mass is 9.91. The van der Waals surface area contributed by atoms with Crippen LogP contribution in [0.4, 0.5) is 4.39 Å². The van der Waals surface area contributed by atoms with E-state index >= 15 is 0 Å². The lowest BCUT2D eigenvalue weighted by molar-refractivity contribution is -0.0964. The lowest BCUT2D eigenvalue weighted by Gasteiger charge is -2.37. The van der Waals surface area contributed by atoms with Crippen LogP contribution in [0.25, 0.3) is 0 Å². The molecule has 2 aliphatic rings. The zero-order valence-corrected chi connectivity index (χ0v) is 12.0. The summed E-state index contributed by atoms with van der Waals surface area (Å²) in [6, 6.07) is 4.42. The van der Waals surface area contributed by atoms with Crippen LogP contribution in [0.5, 0.6) is 5.75 Å². The van der Waals surface area contributed by atoms with Gasteiger partial charge in [0.15, 0.2) is 17.9 Å². The van der Waals surface area contributed by atoms with Crippen molar-refractivity contribution in [1.29, 1.82) is 0 Å². The summed E-state index contributed by atoms with van der Waals surface area (Å²) in [7, 11) is 0. The number of benzene rings is 1. The Hall–Kier alpha value is -1.07. The molecule has 2 unspecified atom stereocenters. The molecule has 2 atom stereocenters. The minimum absolute atomic E-state index is 0.0789. The second kappa shape index (κ2) is 5.74. The second-order valence-corrected chi connectivity index (χ2v) is 6.45. The standard InChI is InChI=1S/C15H17FO3S/c16-13-3-1-2-11(9-17)14(13)19-12-4-6-18-15(8-12)5-7-20-10-15/h1-3,9,12H,4-8,10H2. The van der Waals surface area contributed by atoms with Gasteiger partial charge in [-0.1, -0.05) is 6.07 Å². The smallest absolute Gasteiger partial charge is 0.165 e. The molecule has 20 heavy (non-hydrogen) atoms. The molecule has 0 radical (unpaired) electrons. The highest BCUT2D eigenvalue weighted by Crippen LogP contribution is 2.39. The van der Waals surface area contributed by atoms with Crippen LogP contribution >= 0.6 is 11.8 Å². The van der Waals surface area contributed by atoms with Crippen molar-refractivity contribution in [2.45, 2.75) is 31.0 Å². The van der Waals surface area contributed by atoms with E-state index in [2.05, 4.69) is 0 Å². The summed E-state index contributed by atoms with van der Waals surface area (Å²) in [5.74, 6) is 1.68. The van der Waals surface area contributed by atoms with Gasteiger partial charge in [0.25, 0.3) is 0 Å². The minimum Gasteiger partial charge on any atom is -0.486 e. The van der Waals surface area contributed by atoms with Crippen molar-refractivity contribution in [2.75, 3.05) is 18.1 Å². The molecule has 5 heteroatoms. The van der Waals surface area contributed by atoms with Gasteiger partial charge in [0.2, 0.25) is 0 Å². The summed E-state index contributed by atoms with van der Waals surface area (Å²) in [4.78, 5) is 11.0. The molecule has 2 saturated heterocycles. The van der Waals surface area contributed by atoms with Gasteiger partial charge < -0.3 is 9.47 Å². The Kier molecular flexibility index (Phi) is 3.98. The van der Waals surface area contributed by atoms with Crippen molar-refractivity contribution in [1.82, 2.24) is 0 Å². The van der Waals surface area contributed by atoms with Crippen LogP contribution in [-0.4, -0.2) is 36.1 Å². The number of halogens is 1. The third kappa shape index (κ3) is 2.69. The highest BCUT2D eigenvalue weighted by atomic mass is 32.2. The first kappa shape index (κ1) is 13.9. The maximum atomic E-state index is 13.8. The highest BCUT2D eigenvalue weighted by molar-refractivity contribution is 7.99. The molecule has 2 fully saturated rings. The molecule has 2 heterocycles. The Bertz CT molecular complexity index is 500. The van der Waals surface area contributed by atoms with Gasteiger partial charge in [0.1, 0.15) is 6.10 Å². The molecular formula is C15H17FO3S. The first-order chi connectivity index (χ1) is 9.72. The monoisotopic (exact) mass is 296 g/mol. The molecule has 0 aromatic heterocycles. The van der Waals surface area contributed by atoms with Crippen molar-refractivity contribution in [3.63, 3.8) is 0 Å². The quantitative estimate of drug-likeness (QED) is 0.803. The molecule has 0 bridgehead atoms. The third-order valence-corrected chi connectivity index (χ3v) is 5.15. The topological polar surface area (TPSA) is 35.5 Å².